The summed E-state index contributed by atoms with van der Waals surface area (Å²) >= 11 is 0. The zero-order valence-corrected chi connectivity index (χ0v) is 9.25. The average Bonchev–Trinajstić information content (AvgIpc) is 2.26. The Bertz CT molecular complexity index is 552. The number of Topliss-reactive ketones (excluding diaryl/α,β-unsaturated/α-hetero) is 1. The van der Waals surface area contributed by atoms with Crippen LogP contribution in [0.25, 0.3) is 6.08 Å². The third-order valence-electron chi connectivity index (χ3n) is 2.00. The van der Waals surface area contributed by atoms with Crippen LogP contribution in [-0.2, 0) is 10.1 Å². The molecule has 0 unspecified atom stereocenters. The van der Waals surface area contributed by atoms with Crippen molar-refractivity contribution in [1.29, 1.82) is 0 Å². The van der Waals surface area contributed by atoms with Crippen molar-refractivity contribution in [2.75, 3.05) is 0 Å². The van der Waals surface area contributed by atoms with Crippen LogP contribution in [0.1, 0.15) is 15.9 Å². The number of carbonyl (C=O) groups is 1. The van der Waals surface area contributed by atoms with E-state index in [4.69, 9.17) is 4.55 Å². The Morgan fingerprint density at radius 3 is 2.06 bits per heavy atom. The summed E-state index contributed by atoms with van der Waals surface area (Å²) in [5.41, 5.74) is 0.0648. The number of carbonyl (C=O) groups excluding carboxylic acids is 1. The van der Waals surface area contributed by atoms with Gasteiger partial charge in [0.05, 0.1) is 0 Å². The van der Waals surface area contributed by atoms with Crippen LogP contribution in [0.15, 0.2) is 30.8 Å². The molecule has 18 heavy (non-hydrogen) atoms. The fourth-order valence-electron chi connectivity index (χ4n) is 1.06. The van der Waals surface area contributed by atoms with Gasteiger partial charge in [0.15, 0.2) is 0 Å². The second-order valence-corrected chi connectivity index (χ2v) is 4.61. The summed E-state index contributed by atoms with van der Waals surface area (Å²) in [4.78, 5) is 11.2. The molecule has 1 N–H and O–H groups in total. The first-order valence-corrected chi connectivity index (χ1v) is 5.76. The van der Waals surface area contributed by atoms with E-state index in [0.29, 0.717) is 5.56 Å². The maximum atomic E-state index is 13.0. The molecule has 0 spiro atoms. The number of halogens is 2. The van der Waals surface area contributed by atoms with Gasteiger partial charge in [-0.2, -0.15) is 17.2 Å². The number of hydrogen-bond donors (Lipinski definition) is 1. The van der Waals surface area contributed by atoms with E-state index in [0.717, 1.165) is 12.1 Å². The van der Waals surface area contributed by atoms with E-state index in [1.54, 1.807) is 0 Å². The summed E-state index contributed by atoms with van der Waals surface area (Å²) in [6.45, 7) is 3.42. The molecule has 0 saturated carbocycles. The standard InChI is InChI=1S/C10H8F2O4S.Li.H/c1-2-7-3-5-8(6-4-7)9(13)10(11,12)17(14,15)16;;/h2-6H,1H2,(H,14,15,16);;. The van der Waals surface area contributed by atoms with Gasteiger partial charge in [-0.1, -0.05) is 36.9 Å². The second kappa shape index (κ2) is 5.76. The van der Waals surface area contributed by atoms with Crippen LogP contribution in [-0.4, -0.2) is 42.9 Å². The van der Waals surface area contributed by atoms with Crippen LogP contribution in [0.2, 0.25) is 0 Å². The number of hydrogen-bond acceptors (Lipinski definition) is 3. The van der Waals surface area contributed by atoms with Crippen molar-refractivity contribution in [2.45, 2.75) is 5.25 Å². The van der Waals surface area contributed by atoms with Crippen LogP contribution in [0, 0.1) is 0 Å². The monoisotopic (exact) mass is 270 g/mol. The van der Waals surface area contributed by atoms with E-state index in [1.165, 1.54) is 18.2 Å². The molecule has 1 rings (SSSR count). The van der Waals surface area contributed by atoms with Gasteiger partial charge < -0.3 is 0 Å². The Balaban J connectivity index is 0.00000289. The minimum atomic E-state index is -5.77. The quantitative estimate of drug-likeness (QED) is 0.509. The van der Waals surface area contributed by atoms with E-state index in [-0.39, 0.29) is 18.9 Å². The van der Waals surface area contributed by atoms with Crippen molar-refractivity contribution in [2.24, 2.45) is 0 Å². The van der Waals surface area contributed by atoms with Crippen LogP contribution >= 0.6 is 0 Å². The Kier molecular flexibility index (Phi) is 5.44. The molecule has 0 bridgehead atoms. The van der Waals surface area contributed by atoms with Crippen LogP contribution in [0.5, 0.6) is 0 Å². The van der Waals surface area contributed by atoms with Crippen molar-refractivity contribution in [1.82, 2.24) is 0 Å². The zero-order valence-electron chi connectivity index (χ0n) is 8.43. The van der Waals surface area contributed by atoms with Gasteiger partial charge in [0.2, 0.25) is 5.78 Å². The van der Waals surface area contributed by atoms with Crippen molar-refractivity contribution in [3.63, 3.8) is 0 Å². The number of benzene rings is 1. The van der Waals surface area contributed by atoms with E-state index in [1.807, 2.05) is 0 Å². The normalized spacial score (nSPS) is 11.5. The molecule has 8 heteroatoms. The summed E-state index contributed by atoms with van der Waals surface area (Å²) in [5, 5.41) is -4.84. The molecule has 1 aromatic carbocycles. The molecule has 0 heterocycles. The van der Waals surface area contributed by atoms with Crippen LogP contribution in [0.3, 0.4) is 0 Å². The number of alkyl halides is 2. The molecule has 0 aromatic heterocycles. The van der Waals surface area contributed by atoms with Crippen LogP contribution < -0.4 is 0 Å². The van der Waals surface area contributed by atoms with Crippen molar-refractivity contribution in [3.05, 3.63) is 42.0 Å². The third kappa shape index (κ3) is 3.27. The molecule has 1 aromatic rings. The molecule has 0 atom stereocenters. The Morgan fingerprint density at radius 2 is 1.72 bits per heavy atom. The fourth-order valence-corrected chi connectivity index (χ4v) is 1.41. The number of rotatable bonds is 4. The molecule has 0 saturated heterocycles. The Hall–Kier alpha value is -1.00. The zero-order chi connectivity index (χ0) is 13.3. The van der Waals surface area contributed by atoms with Gasteiger partial charge in [0.25, 0.3) is 0 Å². The summed E-state index contributed by atoms with van der Waals surface area (Å²) in [6, 6.07) is 4.69. The van der Waals surface area contributed by atoms with Gasteiger partial charge in [-0.25, -0.2) is 0 Å². The predicted molar refractivity (Wildman–Crippen MR) is 64.5 cm³/mol. The van der Waals surface area contributed by atoms with Crippen LogP contribution in [0.4, 0.5) is 8.78 Å². The molecule has 0 aliphatic carbocycles. The average molecular weight is 270 g/mol. The molecular weight excluding hydrogens is 261 g/mol. The van der Waals surface area contributed by atoms with Gasteiger partial charge in [0.1, 0.15) is 0 Å². The molecule has 0 aliphatic heterocycles. The van der Waals surface area contributed by atoms with Gasteiger partial charge in [0, 0.05) is 5.56 Å². The van der Waals surface area contributed by atoms with E-state index < -0.39 is 26.7 Å². The van der Waals surface area contributed by atoms with Gasteiger partial charge in [-0.15, -0.1) is 0 Å². The summed E-state index contributed by atoms with van der Waals surface area (Å²) < 4.78 is 55.0. The summed E-state index contributed by atoms with van der Waals surface area (Å²) in [7, 11) is -5.77. The van der Waals surface area contributed by atoms with Gasteiger partial charge in [-0.3, -0.25) is 9.35 Å². The molecule has 0 radical (unpaired) electrons. The first-order valence-electron chi connectivity index (χ1n) is 4.32. The molecule has 4 nitrogen and oxygen atoms in total. The topological polar surface area (TPSA) is 71.4 Å². The van der Waals surface area contributed by atoms with Crippen molar-refractivity contribution < 1.29 is 26.5 Å². The molecule has 0 aliphatic rings. The van der Waals surface area contributed by atoms with Gasteiger partial charge >= 0.3 is 34.2 Å². The maximum absolute atomic E-state index is 13.0. The third-order valence-corrected chi connectivity index (χ3v) is 2.83. The SMILES string of the molecule is C=Cc1ccc(C(=O)C(F)(F)S(=O)(=O)O)cc1.[LiH]. The van der Waals surface area contributed by atoms with E-state index in [2.05, 4.69) is 6.58 Å². The Morgan fingerprint density at radius 1 is 1.28 bits per heavy atom. The van der Waals surface area contributed by atoms with Gasteiger partial charge in [-0.05, 0) is 5.56 Å². The second-order valence-electron chi connectivity index (χ2n) is 3.15. The minimum absolute atomic E-state index is 0. The van der Waals surface area contributed by atoms with Crippen molar-refractivity contribution in [3.8, 4) is 0 Å². The summed E-state index contributed by atoms with van der Waals surface area (Å²) in [6.07, 6.45) is 1.43. The molecule has 94 valence electrons. The molecular formula is C10H9F2LiO4S. The Labute approximate surface area is 115 Å². The first kappa shape index (κ1) is 17.0. The molecule has 0 fully saturated rings. The summed E-state index contributed by atoms with van der Waals surface area (Å²) in [5.74, 6) is -1.98. The number of ketones is 1. The van der Waals surface area contributed by atoms with Crippen molar-refractivity contribution >= 4 is 40.8 Å². The molecule has 0 amide bonds. The fraction of sp³-hybridized carbons (Fsp3) is 0.100. The first-order chi connectivity index (χ1) is 7.70. The van der Waals surface area contributed by atoms with E-state index in [9.17, 15) is 22.0 Å². The predicted octanol–water partition coefficient (Wildman–Crippen LogP) is 1.34. The van der Waals surface area contributed by atoms with E-state index >= 15 is 0 Å².